The van der Waals surface area contributed by atoms with Gasteiger partial charge in [-0.25, -0.2) is 0 Å². The molecule has 0 rings (SSSR count). The molecule has 0 atom stereocenters. The Morgan fingerprint density at radius 3 is 0.786 bits per heavy atom. The molecule has 0 aromatic carbocycles. The van der Waals surface area contributed by atoms with Gasteiger partial charge in [-0.1, -0.05) is 0 Å². The Bertz CT molecular complexity index is 766. The summed E-state index contributed by atoms with van der Waals surface area (Å²) in [4.78, 5) is 60.0. The van der Waals surface area contributed by atoms with E-state index in [1.54, 1.807) is 0 Å². The number of ether oxygens (including phenoxy) is 3. The van der Waals surface area contributed by atoms with Crippen molar-refractivity contribution in [2.75, 3.05) is 19.8 Å². The van der Waals surface area contributed by atoms with Gasteiger partial charge in [0, 0.05) is 37.2 Å². The van der Waals surface area contributed by atoms with Crippen molar-refractivity contribution in [1.29, 1.82) is 0 Å². The van der Waals surface area contributed by atoms with Gasteiger partial charge in [0.1, 0.15) is 0 Å². The van der Waals surface area contributed by atoms with Crippen molar-refractivity contribution in [1.82, 2.24) is 0 Å². The molecule has 15 nitrogen and oxygen atoms in total. The Balaban J connectivity index is -0.000000112. The molecular weight excluding hydrogens is 673 g/mol. The molecule has 0 saturated carbocycles. The standard InChI is InChI=1S/3C7H10O5S.K.2Na/c3*8-5(9)1-2-7(13)12-4-3-6(10)11;;;/h3*1-4H2,(H,8,9)(H,10,11);;;/q;;;3*+1/p-3. The summed E-state index contributed by atoms with van der Waals surface area (Å²) >= 11 is 13.9. The average Bonchev–Trinajstić information content (AvgIpc) is 2.80. The Morgan fingerprint density at radius 1 is 0.452 bits per heavy atom. The molecule has 0 aromatic rings. The average molecular weight is 701 g/mol. The van der Waals surface area contributed by atoms with E-state index in [2.05, 4.69) is 36.7 Å². The van der Waals surface area contributed by atoms with Crippen molar-refractivity contribution in [2.45, 2.75) is 57.8 Å². The maximum Gasteiger partial charge on any atom is 1.00 e. The summed E-state index contributed by atoms with van der Waals surface area (Å²) in [6.45, 7) is -0.0797. The fourth-order valence-corrected chi connectivity index (χ4v) is 2.14. The largest absolute Gasteiger partial charge is 1.00 e. The molecular formula is C21H27KNa2O15S3. The van der Waals surface area contributed by atoms with E-state index in [9.17, 15) is 44.1 Å². The van der Waals surface area contributed by atoms with Gasteiger partial charge in [-0.3, -0.25) is 14.4 Å². The summed E-state index contributed by atoms with van der Waals surface area (Å²) in [6.07, 6.45) is -0.808. The van der Waals surface area contributed by atoms with E-state index in [4.69, 9.17) is 29.5 Å². The second-order valence-electron chi connectivity index (χ2n) is 6.71. The third-order valence-electron chi connectivity index (χ3n) is 3.34. The van der Waals surface area contributed by atoms with Gasteiger partial charge in [0.05, 0.1) is 39.1 Å². The number of rotatable bonds is 18. The van der Waals surface area contributed by atoms with Crippen molar-refractivity contribution >= 4 is 87.6 Å². The Morgan fingerprint density at radius 2 is 0.643 bits per heavy atom. The van der Waals surface area contributed by atoms with Crippen LogP contribution in [0.2, 0.25) is 0 Å². The molecule has 0 amide bonds. The molecule has 42 heavy (non-hydrogen) atoms. The van der Waals surface area contributed by atoms with Gasteiger partial charge >= 0.3 is 128 Å². The monoisotopic (exact) mass is 700 g/mol. The summed E-state index contributed by atoms with van der Waals surface area (Å²) in [7, 11) is 0. The molecule has 0 radical (unpaired) electrons. The molecule has 0 aliphatic rings. The number of carboxylic acid groups (broad SMARTS) is 6. The molecule has 0 fully saturated rings. The second-order valence-corrected chi connectivity index (χ2v) is 8.07. The minimum absolute atomic E-state index is 0. The van der Waals surface area contributed by atoms with E-state index >= 15 is 0 Å². The molecule has 0 saturated heterocycles. The van der Waals surface area contributed by atoms with E-state index in [-0.39, 0.29) is 203 Å². The summed E-state index contributed by atoms with van der Waals surface area (Å²) in [5.41, 5.74) is 0. The third-order valence-corrected chi connectivity index (χ3v) is 4.30. The summed E-state index contributed by atoms with van der Waals surface area (Å²) in [6, 6.07) is 0. The van der Waals surface area contributed by atoms with Crippen molar-refractivity contribution in [3.05, 3.63) is 0 Å². The zero-order chi connectivity index (χ0) is 30.8. The normalized spacial score (nSPS) is 8.57. The van der Waals surface area contributed by atoms with Gasteiger partial charge in [0.25, 0.3) is 0 Å². The van der Waals surface area contributed by atoms with Crippen LogP contribution in [0.15, 0.2) is 0 Å². The summed E-state index contributed by atoms with van der Waals surface area (Å²) in [5, 5.41) is 54.9. The number of aliphatic carboxylic acids is 6. The first-order valence-electron chi connectivity index (χ1n) is 10.8. The smallest absolute Gasteiger partial charge is 0.550 e. The van der Waals surface area contributed by atoms with Crippen molar-refractivity contribution < 1.29 is 184 Å². The van der Waals surface area contributed by atoms with E-state index in [1.807, 2.05) is 0 Å². The Hall–Kier alpha value is 0.126. The first-order valence-corrected chi connectivity index (χ1v) is 12.0. The van der Waals surface area contributed by atoms with E-state index in [1.165, 1.54) is 0 Å². The van der Waals surface area contributed by atoms with Crippen LogP contribution in [0.3, 0.4) is 0 Å². The van der Waals surface area contributed by atoms with Gasteiger partial charge in [-0.2, -0.15) is 0 Å². The number of carbonyl (C=O) groups is 6. The van der Waals surface area contributed by atoms with Crippen LogP contribution in [0.5, 0.6) is 0 Å². The Kier molecular flexibility index (Phi) is 48.5. The number of hydrogen-bond acceptors (Lipinski definition) is 15. The maximum atomic E-state index is 10.0. The van der Waals surface area contributed by atoms with Crippen LogP contribution in [0, 0.1) is 0 Å². The molecule has 0 bridgehead atoms. The molecule has 0 spiro atoms. The first kappa shape index (κ1) is 54.6. The van der Waals surface area contributed by atoms with Crippen LogP contribution in [-0.4, -0.2) is 86.1 Å². The molecule has 0 heterocycles. The van der Waals surface area contributed by atoms with E-state index < -0.39 is 35.8 Å². The molecule has 3 N–H and O–H groups in total. The third kappa shape index (κ3) is 56.0. The van der Waals surface area contributed by atoms with Crippen LogP contribution in [0.1, 0.15) is 57.8 Å². The predicted molar refractivity (Wildman–Crippen MR) is 135 cm³/mol. The second kappa shape index (κ2) is 37.3. The van der Waals surface area contributed by atoms with Gasteiger partial charge in [0.15, 0.2) is 15.2 Å². The van der Waals surface area contributed by atoms with Gasteiger partial charge in [-0.05, 0) is 55.9 Å². The zero-order valence-corrected chi connectivity index (χ0v) is 33.0. The van der Waals surface area contributed by atoms with Crippen LogP contribution in [0.4, 0.5) is 0 Å². The van der Waals surface area contributed by atoms with Crippen molar-refractivity contribution in [2.24, 2.45) is 0 Å². The van der Waals surface area contributed by atoms with Gasteiger partial charge in [0.2, 0.25) is 0 Å². The summed E-state index contributed by atoms with van der Waals surface area (Å²) < 4.78 is 14.3. The van der Waals surface area contributed by atoms with E-state index in [0.29, 0.717) is 0 Å². The minimum Gasteiger partial charge on any atom is -0.550 e. The molecule has 0 aliphatic heterocycles. The zero-order valence-electron chi connectivity index (χ0n) is 23.5. The molecule has 0 aromatic heterocycles. The van der Waals surface area contributed by atoms with Crippen LogP contribution < -0.4 is 126 Å². The molecule has 21 heteroatoms. The number of carboxylic acids is 6. The van der Waals surface area contributed by atoms with Crippen LogP contribution in [-0.2, 0) is 43.0 Å². The molecule has 222 valence electrons. The predicted octanol–water partition coefficient (Wildman–Crippen LogP) is -11.0. The quantitative estimate of drug-likeness (QED) is 0.0885. The summed E-state index contributed by atoms with van der Waals surface area (Å²) in [5.74, 6) is -6.56. The minimum atomic E-state index is -1.20. The fraction of sp³-hybridized carbons (Fsp3) is 0.571. The van der Waals surface area contributed by atoms with Crippen LogP contribution >= 0.6 is 36.7 Å². The van der Waals surface area contributed by atoms with E-state index in [0.717, 1.165) is 0 Å². The Labute approximate surface area is 344 Å². The maximum absolute atomic E-state index is 10.0. The fourth-order valence-electron chi connectivity index (χ4n) is 1.59. The first-order chi connectivity index (χ1) is 18.1. The number of thiocarbonyl (C=S) groups is 3. The number of hydrogen-bond donors (Lipinski definition) is 3. The SMILES string of the molecule is O=C([O-])CCC(=S)OCCC(=O)O.O=C([O-])CCC(=S)OCCC(=O)O.O=C([O-])CCC(=S)OCCC(=O)O.[K+].[Na+].[Na+]. The van der Waals surface area contributed by atoms with Crippen LogP contribution in [0.25, 0.3) is 0 Å². The van der Waals surface area contributed by atoms with Gasteiger partial charge < -0.3 is 59.2 Å². The molecule has 0 unspecified atom stereocenters. The molecule has 0 aliphatic carbocycles. The van der Waals surface area contributed by atoms with Crippen molar-refractivity contribution in [3.63, 3.8) is 0 Å². The topological polar surface area (TPSA) is 260 Å². The van der Waals surface area contributed by atoms with Gasteiger partial charge in [-0.15, -0.1) is 0 Å². The van der Waals surface area contributed by atoms with Crippen molar-refractivity contribution in [3.8, 4) is 0 Å². The number of carbonyl (C=O) groups excluding carboxylic acids is 3.